The van der Waals surface area contributed by atoms with Gasteiger partial charge in [0.2, 0.25) is 0 Å². The molecule has 14 heavy (non-hydrogen) atoms. The van der Waals surface area contributed by atoms with Crippen molar-refractivity contribution in [1.82, 2.24) is 20.5 Å². The van der Waals surface area contributed by atoms with Crippen molar-refractivity contribution in [2.24, 2.45) is 5.92 Å². The van der Waals surface area contributed by atoms with E-state index in [1.807, 2.05) is 0 Å². The van der Waals surface area contributed by atoms with Crippen molar-refractivity contribution in [2.45, 2.75) is 12.8 Å². The molecule has 1 aliphatic heterocycles. The highest BCUT2D eigenvalue weighted by Crippen LogP contribution is 2.12. The third kappa shape index (κ3) is 1.90. The molecule has 1 fully saturated rings. The number of aromatic nitrogens is 3. The summed E-state index contributed by atoms with van der Waals surface area (Å²) in [6.07, 6.45) is 1.89. The largest absolute Gasteiger partial charge is 0.475 e. The van der Waals surface area contributed by atoms with E-state index in [0.29, 0.717) is 11.7 Å². The van der Waals surface area contributed by atoms with Crippen LogP contribution in [0, 0.1) is 5.92 Å². The summed E-state index contributed by atoms with van der Waals surface area (Å²) in [7, 11) is 0. The standard InChI is InChI=1S/C8H12N4O2/c13-8(14)7-10-6(11-12-7)3-5-1-2-9-4-5/h5,9H,1-4H2,(H,13,14)(H,10,11,12). The molecule has 6 nitrogen and oxygen atoms in total. The molecule has 2 rings (SSSR count). The lowest BCUT2D eigenvalue weighted by molar-refractivity contribution is 0.0684. The third-order valence-electron chi connectivity index (χ3n) is 2.37. The van der Waals surface area contributed by atoms with E-state index in [1.165, 1.54) is 0 Å². The molecule has 3 N–H and O–H groups in total. The maximum Gasteiger partial charge on any atom is 0.375 e. The van der Waals surface area contributed by atoms with Gasteiger partial charge in [0.1, 0.15) is 5.82 Å². The minimum Gasteiger partial charge on any atom is -0.475 e. The quantitative estimate of drug-likeness (QED) is 0.615. The number of carboxylic acid groups (broad SMARTS) is 1. The second-order valence-electron chi connectivity index (χ2n) is 3.47. The predicted molar refractivity (Wildman–Crippen MR) is 48.0 cm³/mol. The maximum atomic E-state index is 10.5. The first kappa shape index (κ1) is 9.14. The van der Waals surface area contributed by atoms with Gasteiger partial charge < -0.3 is 10.4 Å². The van der Waals surface area contributed by atoms with Crippen LogP contribution < -0.4 is 5.32 Å². The van der Waals surface area contributed by atoms with Gasteiger partial charge in [-0.05, 0) is 25.4 Å². The van der Waals surface area contributed by atoms with Gasteiger partial charge in [0.15, 0.2) is 0 Å². The van der Waals surface area contributed by atoms with Gasteiger partial charge in [0.25, 0.3) is 5.82 Å². The highest BCUT2D eigenvalue weighted by molar-refractivity contribution is 5.82. The van der Waals surface area contributed by atoms with E-state index in [0.717, 1.165) is 25.9 Å². The fourth-order valence-electron chi connectivity index (χ4n) is 1.64. The van der Waals surface area contributed by atoms with E-state index >= 15 is 0 Å². The lowest BCUT2D eigenvalue weighted by Crippen LogP contribution is -2.11. The van der Waals surface area contributed by atoms with Crippen LogP contribution in [-0.2, 0) is 6.42 Å². The predicted octanol–water partition coefficient (Wildman–Crippen LogP) is -0.345. The first-order chi connectivity index (χ1) is 6.75. The molecular weight excluding hydrogens is 184 g/mol. The zero-order chi connectivity index (χ0) is 9.97. The van der Waals surface area contributed by atoms with Crippen molar-refractivity contribution in [3.8, 4) is 0 Å². The third-order valence-corrected chi connectivity index (χ3v) is 2.37. The minimum absolute atomic E-state index is 0.147. The Bertz CT molecular complexity index is 330. The number of carboxylic acids is 1. The fourth-order valence-corrected chi connectivity index (χ4v) is 1.64. The summed E-state index contributed by atoms with van der Waals surface area (Å²) >= 11 is 0. The molecule has 1 aromatic heterocycles. The van der Waals surface area contributed by atoms with E-state index < -0.39 is 5.97 Å². The Morgan fingerprint density at radius 1 is 1.64 bits per heavy atom. The van der Waals surface area contributed by atoms with Crippen molar-refractivity contribution in [3.63, 3.8) is 0 Å². The van der Waals surface area contributed by atoms with Crippen LogP contribution in [0.4, 0.5) is 0 Å². The SMILES string of the molecule is O=C(O)c1n[nH]c(CC2CCNC2)n1. The molecule has 6 heteroatoms. The first-order valence-electron chi connectivity index (χ1n) is 4.61. The molecule has 0 saturated carbocycles. The summed E-state index contributed by atoms with van der Waals surface area (Å²) < 4.78 is 0. The van der Waals surface area contributed by atoms with Gasteiger partial charge in [0.05, 0.1) is 0 Å². The van der Waals surface area contributed by atoms with Crippen molar-refractivity contribution >= 4 is 5.97 Å². The van der Waals surface area contributed by atoms with Gasteiger partial charge in [-0.15, -0.1) is 5.10 Å². The van der Waals surface area contributed by atoms with E-state index in [4.69, 9.17) is 5.11 Å². The van der Waals surface area contributed by atoms with Crippen molar-refractivity contribution in [3.05, 3.63) is 11.6 Å². The van der Waals surface area contributed by atoms with E-state index in [-0.39, 0.29) is 5.82 Å². The fraction of sp³-hybridized carbons (Fsp3) is 0.625. The number of aromatic carboxylic acids is 1. The Labute approximate surface area is 80.7 Å². The molecule has 1 aromatic rings. The Balaban J connectivity index is 1.98. The van der Waals surface area contributed by atoms with Gasteiger partial charge in [-0.25, -0.2) is 9.78 Å². The smallest absolute Gasteiger partial charge is 0.375 e. The average molecular weight is 196 g/mol. The van der Waals surface area contributed by atoms with E-state index in [2.05, 4.69) is 20.5 Å². The Hall–Kier alpha value is -1.43. The molecule has 0 amide bonds. The van der Waals surface area contributed by atoms with Crippen LogP contribution in [0.5, 0.6) is 0 Å². The highest BCUT2D eigenvalue weighted by atomic mass is 16.4. The number of rotatable bonds is 3. The molecule has 0 aromatic carbocycles. The average Bonchev–Trinajstić information content (AvgIpc) is 2.75. The number of aromatic amines is 1. The molecule has 1 aliphatic rings. The molecule has 1 atom stereocenters. The van der Waals surface area contributed by atoms with Crippen molar-refractivity contribution in [2.75, 3.05) is 13.1 Å². The monoisotopic (exact) mass is 196 g/mol. The Morgan fingerprint density at radius 2 is 2.50 bits per heavy atom. The summed E-state index contributed by atoms with van der Waals surface area (Å²) in [6.45, 7) is 2.01. The maximum absolute atomic E-state index is 10.5. The second kappa shape index (κ2) is 3.75. The lowest BCUT2D eigenvalue weighted by Gasteiger charge is -2.03. The summed E-state index contributed by atoms with van der Waals surface area (Å²) in [5.41, 5.74) is 0. The Morgan fingerprint density at radius 3 is 3.07 bits per heavy atom. The topological polar surface area (TPSA) is 90.9 Å². The molecular formula is C8H12N4O2. The number of carbonyl (C=O) groups is 1. The second-order valence-corrected chi connectivity index (χ2v) is 3.47. The summed E-state index contributed by atoms with van der Waals surface area (Å²) in [5.74, 6) is -0.0244. The van der Waals surface area contributed by atoms with Gasteiger partial charge in [-0.2, -0.15) is 0 Å². The van der Waals surface area contributed by atoms with Gasteiger partial charge >= 0.3 is 5.97 Å². The molecule has 0 spiro atoms. The number of nitrogens with one attached hydrogen (secondary N) is 2. The van der Waals surface area contributed by atoms with Crippen LogP contribution in [-0.4, -0.2) is 39.3 Å². The normalized spacial score (nSPS) is 21.3. The summed E-state index contributed by atoms with van der Waals surface area (Å²) in [6, 6.07) is 0. The number of hydrogen-bond donors (Lipinski definition) is 3. The van der Waals surface area contributed by atoms with E-state index in [1.54, 1.807) is 0 Å². The number of H-pyrrole nitrogens is 1. The first-order valence-corrected chi connectivity index (χ1v) is 4.61. The van der Waals surface area contributed by atoms with Crippen molar-refractivity contribution < 1.29 is 9.90 Å². The molecule has 1 saturated heterocycles. The van der Waals surface area contributed by atoms with Crippen LogP contribution >= 0.6 is 0 Å². The van der Waals surface area contributed by atoms with Crippen LogP contribution in [0.2, 0.25) is 0 Å². The van der Waals surface area contributed by atoms with Gasteiger partial charge in [-0.1, -0.05) is 0 Å². The molecule has 1 unspecified atom stereocenters. The highest BCUT2D eigenvalue weighted by Gasteiger charge is 2.18. The van der Waals surface area contributed by atoms with Crippen LogP contribution in [0.15, 0.2) is 0 Å². The van der Waals surface area contributed by atoms with Crippen LogP contribution in [0.25, 0.3) is 0 Å². The van der Waals surface area contributed by atoms with Crippen molar-refractivity contribution in [1.29, 1.82) is 0 Å². The summed E-state index contributed by atoms with van der Waals surface area (Å²) in [5, 5.41) is 18.1. The zero-order valence-electron chi connectivity index (χ0n) is 7.66. The Kier molecular flexibility index (Phi) is 2.45. The lowest BCUT2D eigenvalue weighted by atomic mass is 10.1. The number of nitrogens with zero attached hydrogens (tertiary/aromatic N) is 2. The molecule has 0 aliphatic carbocycles. The van der Waals surface area contributed by atoms with Crippen LogP contribution in [0.3, 0.4) is 0 Å². The summed E-state index contributed by atoms with van der Waals surface area (Å²) in [4.78, 5) is 14.4. The molecule has 76 valence electrons. The number of hydrogen-bond acceptors (Lipinski definition) is 4. The van der Waals surface area contributed by atoms with Crippen LogP contribution in [0.1, 0.15) is 22.9 Å². The minimum atomic E-state index is -1.09. The van der Waals surface area contributed by atoms with Gasteiger partial charge in [-0.3, -0.25) is 5.10 Å². The zero-order valence-corrected chi connectivity index (χ0v) is 7.66. The van der Waals surface area contributed by atoms with E-state index in [9.17, 15) is 4.79 Å². The molecule has 0 radical (unpaired) electrons. The molecule has 0 bridgehead atoms. The molecule has 2 heterocycles. The van der Waals surface area contributed by atoms with Gasteiger partial charge in [0, 0.05) is 6.42 Å².